The Morgan fingerprint density at radius 2 is 1.51 bits per heavy atom. The maximum atomic E-state index is 13.5. The molecule has 2 heterocycles. The summed E-state index contributed by atoms with van der Waals surface area (Å²) in [6.45, 7) is 5.77. The molecule has 0 N–H and O–H groups in total. The Morgan fingerprint density at radius 3 is 2.21 bits per heavy atom. The number of nitrogens with zero attached hydrogens (tertiary/aromatic N) is 5. The first-order valence-electron chi connectivity index (χ1n) is 13.3. The van der Waals surface area contributed by atoms with Crippen LogP contribution in [0.5, 0.6) is 0 Å². The van der Waals surface area contributed by atoms with Crippen LogP contribution in [0.2, 0.25) is 0 Å². The zero-order valence-corrected chi connectivity index (χ0v) is 23.8. The van der Waals surface area contributed by atoms with Gasteiger partial charge in [0, 0.05) is 49.0 Å². The van der Waals surface area contributed by atoms with Crippen LogP contribution in [0.4, 0.5) is 0 Å². The van der Waals surface area contributed by atoms with Gasteiger partial charge in [-0.3, -0.25) is 9.59 Å². The number of hydrogen-bond donors (Lipinski definition) is 0. The summed E-state index contributed by atoms with van der Waals surface area (Å²) in [5, 5.41) is 2.72. The average Bonchev–Trinajstić information content (AvgIpc) is 3.60. The zero-order chi connectivity index (χ0) is 27.6. The Labute approximate surface area is 235 Å². The number of carbonyl (C=O) groups is 2. The van der Waals surface area contributed by atoms with Crippen molar-refractivity contribution in [2.45, 2.75) is 33.0 Å². The summed E-state index contributed by atoms with van der Waals surface area (Å²) >= 11 is 1.49. The van der Waals surface area contributed by atoms with Crippen molar-refractivity contribution in [3.63, 3.8) is 0 Å². The van der Waals surface area contributed by atoms with E-state index in [0.717, 1.165) is 29.2 Å². The molecule has 4 rings (SSSR count). The number of aromatic nitrogens is 2. The van der Waals surface area contributed by atoms with Crippen molar-refractivity contribution in [1.29, 1.82) is 0 Å². The number of likely N-dealkylation sites (N-methyl/N-ethyl adjacent to an activating group) is 1. The first-order chi connectivity index (χ1) is 18.9. The van der Waals surface area contributed by atoms with Crippen molar-refractivity contribution in [3.05, 3.63) is 112 Å². The van der Waals surface area contributed by atoms with E-state index in [1.165, 1.54) is 11.3 Å². The van der Waals surface area contributed by atoms with Crippen LogP contribution >= 0.6 is 11.3 Å². The Kier molecular flexibility index (Phi) is 10.1. The van der Waals surface area contributed by atoms with Crippen molar-refractivity contribution in [2.24, 2.45) is 0 Å². The van der Waals surface area contributed by atoms with Crippen molar-refractivity contribution in [2.75, 3.05) is 33.7 Å². The Morgan fingerprint density at radius 1 is 0.821 bits per heavy atom. The predicted molar refractivity (Wildman–Crippen MR) is 157 cm³/mol. The number of rotatable bonds is 13. The van der Waals surface area contributed by atoms with E-state index in [1.54, 1.807) is 0 Å². The molecule has 2 aromatic carbocycles. The lowest BCUT2D eigenvalue weighted by molar-refractivity contribution is 0.0723. The fraction of sp³-hybridized carbons (Fsp3) is 0.323. The maximum absolute atomic E-state index is 13.5. The van der Waals surface area contributed by atoms with Gasteiger partial charge in [-0.2, -0.15) is 0 Å². The summed E-state index contributed by atoms with van der Waals surface area (Å²) in [5.74, 6) is -0.0259. The van der Waals surface area contributed by atoms with Gasteiger partial charge < -0.3 is 19.3 Å². The summed E-state index contributed by atoms with van der Waals surface area (Å²) in [7, 11) is 4.02. The standard InChI is InChI=1S/C31H37N5O2S/c1-4-17-35(30(37)26-14-9-6-10-15-26)22-27-16-11-18-34(27)23-29-32-28(24-39-29)31(38)36(20-19-33(2)3)21-25-12-7-5-8-13-25/h5-16,18,24H,4,17,19-23H2,1-3H3. The van der Waals surface area contributed by atoms with Crippen molar-refractivity contribution in [3.8, 4) is 0 Å². The minimum absolute atomic E-state index is 0.0311. The molecule has 0 saturated carbocycles. The van der Waals surface area contributed by atoms with E-state index < -0.39 is 0 Å². The molecule has 0 unspecified atom stereocenters. The highest BCUT2D eigenvalue weighted by atomic mass is 32.1. The van der Waals surface area contributed by atoms with Gasteiger partial charge in [0.2, 0.25) is 0 Å². The van der Waals surface area contributed by atoms with Crippen LogP contribution in [0.25, 0.3) is 0 Å². The Hall–Kier alpha value is -3.75. The van der Waals surface area contributed by atoms with Crippen LogP contribution in [0, 0.1) is 0 Å². The van der Waals surface area contributed by atoms with Gasteiger partial charge in [0.05, 0.1) is 13.1 Å². The highest BCUT2D eigenvalue weighted by Gasteiger charge is 2.21. The van der Waals surface area contributed by atoms with Crippen LogP contribution < -0.4 is 0 Å². The Bertz CT molecular complexity index is 1330. The average molecular weight is 544 g/mol. The summed E-state index contributed by atoms with van der Waals surface area (Å²) in [5.41, 5.74) is 3.30. The largest absolute Gasteiger partial charge is 0.343 e. The van der Waals surface area contributed by atoms with Crippen LogP contribution in [0.3, 0.4) is 0 Å². The quantitative estimate of drug-likeness (QED) is 0.231. The van der Waals surface area contributed by atoms with Crippen molar-refractivity contribution < 1.29 is 9.59 Å². The van der Waals surface area contributed by atoms with Gasteiger partial charge in [0.1, 0.15) is 10.7 Å². The molecule has 0 spiro atoms. The van der Waals surface area contributed by atoms with Crippen LogP contribution in [0.15, 0.2) is 84.4 Å². The smallest absolute Gasteiger partial charge is 0.273 e. The topological polar surface area (TPSA) is 61.7 Å². The fourth-order valence-electron chi connectivity index (χ4n) is 4.39. The van der Waals surface area contributed by atoms with Gasteiger partial charge in [-0.25, -0.2) is 4.98 Å². The van der Waals surface area contributed by atoms with Gasteiger partial charge in [0.25, 0.3) is 11.8 Å². The molecular weight excluding hydrogens is 506 g/mol. The van der Waals surface area contributed by atoms with Gasteiger partial charge in [-0.15, -0.1) is 11.3 Å². The van der Waals surface area contributed by atoms with E-state index in [-0.39, 0.29) is 11.8 Å². The second kappa shape index (κ2) is 13.9. The molecule has 0 aliphatic heterocycles. The minimum Gasteiger partial charge on any atom is -0.343 e. The molecule has 4 aromatic rings. The van der Waals surface area contributed by atoms with E-state index in [0.29, 0.717) is 44.0 Å². The van der Waals surface area contributed by atoms with E-state index >= 15 is 0 Å². The van der Waals surface area contributed by atoms with Crippen LogP contribution in [0.1, 0.15) is 50.5 Å². The first kappa shape index (κ1) is 28.3. The molecule has 2 aromatic heterocycles. The molecule has 0 fully saturated rings. The lowest BCUT2D eigenvalue weighted by Crippen LogP contribution is -2.36. The number of carbonyl (C=O) groups excluding carboxylic acids is 2. The molecule has 0 aliphatic carbocycles. The lowest BCUT2D eigenvalue weighted by Gasteiger charge is -2.24. The summed E-state index contributed by atoms with van der Waals surface area (Å²) in [4.78, 5) is 37.2. The highest BCUT2D eigenvalue weighted by molar-refractivity contribution is 7.09. The maximum Gasteiger partial charge on any atom is 0.273 e. The van der Waals surface area contributed by atoms with Gasteiger partial charge in [-0.1, -0.05) is 55.5 Å². The summed E-state index contributed by atoms with van der Waals surface area (Å²) < 4.78 is 2.11. The third-order valence-corrected chi connectivity index (χ3v) is 7.31. The second-order valence-electron chi connectivity index (χ2n) is 9.86. The third kappa shape index (κ3) is 7.88. The molecule has 2 amide bonds. The van der Waals surface area contributed by atoms with E-state index in [4.69, 9.17) is 4.98 Å². The molecule has 0 aliphatic rings. The van der Waals surface area contributed by atoms with Crippen LogP contribution in [-0.2, 0) is 19.6 Å². The van der Waals surface area contributed by atoms with Gasteiger partial charge in [0.15, 0.2) is 0 Å². The molecule has 0 saturated heterocycles. The molecular formula is C31H37N5O2S. The first-order valence-corrected chi connectivity index (χ1v) is 14.2. The van der Waals surface area contributed by atoms with Gasteiger partial charge >= 0.3 is 0 Å². The van der Waals surface area contributed by atoms with Crippen molar-refractivity contribution in [1.82, 2.24) is 24.3 Å². The Balaban J connectivity index is 1.46. The van der Waals surface area contributed by atoms with Crippen molar-refractivity contribution >= 4 is 23.2 Å². The van der Waals surface area contributed by atoms with E-state index in [2.05, 4.69) is 16.4 Å². The summed E-state index contributed by atoms with van der Waals surface area (Å²) in [6.07, 6.45) is 2.89. The lowest BCUT2D eigenvalue weighted by atomic mass is 10.2. The zero-order valence-electron chi connectivity index (χ0n) is 23.0. The van der Waals surface area contributed by atoms with Crippen LogP contribution in [-0.4, -0.2) is 69.8 Å². The SMILES string of the molecule is CCCN(Cc1cccn1Cc1nc(C(=O)N(CCN(C)C)Cc2ccccc2)cs1)C(=O)c1ccccc1. The number of hydrogen-bond acceptors (Lipinski definition) is 5. The van der Waals surface area contributed by atoms with Gasteiger partial charge in [-0.05, 0) is 50.3 Å². The number of benzene rings is 2. The third-order valence-electron chi connectivity index (χ3n) is 6.47. The molecule has 0 bridgehead atoms. The highest BCUT2D eigenvalue weighted by Crippen LogP contribution is 2.18. The number of amides is 2. The normalized spacial score (nSPS) is 11.1. The van der Waals surface area contributed by atoms with E-state index in [9.17, 15) is 9.59 Å². The monoisotopic (exact) mass is 543 g/mol. The molecule has 8 heteroatoms. The molecule has 39 heavy (non-hydrogen) atoms. The van der Waals surface area contributed by atoms with E-state index in [1.807, 2.05) is 108 Å². The molecule has 0 atom stereocenters. The summed E-state index contributed by atoms with van der Waals surface area (Å²) in [6, 6.07) is 23.5. The predicted octanol–water partition coefficient (Wildman–Crippen LogP) is 5.25. The molecule has 7 nitrogen and oxygen atoms in total. The number of thiazole rings is 1. The molecule has 0 radical (unpaired) electrons. The second-order valence-corrected chi connectivity index (χ2v) is 10.8. The fourth-order valence-corrected chi connectivity index (χ4v) is 5.16. The molecule has 204 valence electrons. The minimum atomic E-state index is -0.0569.